The molecule has 124 valence electrons. The molecule has 0 saturated heterocycles. The van der Waals surface area contributed by atoms with Gasteiger partial charge in [0.15, 0.2) is 11.0 Å². The van der Waals surface area contributed by atoms with Gasteiger partial charge in [0.25, 0.3) is 0 Å². The highest BCUT2D eigenvalue weighted by Gasteiger charge is 2.11. The van der Waals surface area contributed by atoms with Gasteiger partial charge in [-0.1, -0.05) is 41.6 Å². The molecule has 3 aromatic rings. The van der Waals surface area contributed by atoms with Gasteiger partial charge in [0, 0.05) is 18.4 Å². The topological polar surface area (TPSA) is 39.9 Å². The fourth-order valence-corrected chi connectivity index (χ4v) is 2.95. The van der Waals surface area contributed by atoms with E-state index in [1.165, 1.54) is 17.7 Å². The summed E-state index contributed by atoms with van der Waals surface area (Å²) >= 11 is 1.58. The Morgan fingerprint density at radius 1 is 1.04 bits per heavy atom. The highest BCUT2D eigenvalue weighted by Crippen LogP contribution is 2.23. The third-order valence-electron chi connectivity index (χ3n) is 3.54. The van der Waals surface area contributed by atoms with Gasteiger partial charge >= 0.3 is 0 Å². The van der Waals surface area contributed by atoms with Crippen LogP contribution in [0.15, 0.2) is 53.7 Å². The Bertz CT molecular complexity index is 800. The van der Waals surface area contributed by atoms with Gasteiger partial charge < -0.3 is 9.30 Å². The van der Waals surface area contributed by atoms with E-state index < -0.39 is 0 Å². The van der Waals surface area contributed by atoms with Crippen molar-refractivity contribution in [1.82, 2.24) is 14.8 Å². The van der Waals surface area contributed by atoms with Gasteiger partial charge in [0.05, 0.1) is 6.61 Å². The molecule has 2 aromatic carbocycles. The summed E-state index contributed by atoms with van der Waals surface area (Å²) < 4.78 is 20.4. The molecule has 3 rings (SSSR count). The van der Waals surface area contributed by atoms with Gasteiger partial charge in [-0.3, -0.25) is 0 Å². The van der Waals surface area contributed by atoms with Crippen LogP contribution in [0, 0.1) is 12.7 Å². The SMILES string of the molecule is Cc1ccc(-c2nnc(SCCOc3ccc(F)cc3)n2C)cc1. The lowest BCUT2D eigenvalue weighted by atomic mass is 10.1. The van der Waals surface area contributed by atoms with E-state index in [1.807, 2.05) is 23.7 Å². The van der Waals surface area contributed by atoms with Crippen molar-refractivity contribution in [2.75, 3.05) is 12.4 Å². The Balaban J connectivity index is 1.56. The quantitative estimate of drug-likeness (QED) is 0.499. The van der Waals surface area contributed by atoms with Crippen LogP contribution >= 0.6 is 11.8 Å². The zero-order valence-corrected chi connectivity index (χ0v) is 14.4. The van der Waals surface area contributed by atoms with Crippen LogP contribution < -0.4 is 4.74 Å². The summed E-state index contributed by atoms with van der Waals surface area (Å²) in [6.07, 6.45) is 0. The van der Waals surface area contributed by atoms with Gasteiger partial charge in [-0.15, -0.1) is 10.2 Å². The summed E-state index contributed by atoms with van der Waals surface area (Å²) in [5.41, 5.74) is 2.26. The van der Waals surface area contributed by atoms with Crippen LogP contribution in [0.4, 0.5) is 4.39 Å². The highest BCUT2D eigenvalue weighted by atomic mass is 32.2. The standard InChI is InChI=1S/C18H18FN3OS/c1-13-3-5-14(6-4-13)17-20-21-18(22(17)2)24-12-11-23-16-9-7-15(19)8-10-16/h3-10H,11-12H2,1-2H3. The van der Waals surface area contributed by atoms with Crippen LogP contribution in [0.25, 0.3) is 11.4 Å². The van der Waals surface area contributed by atoms with E-state index >= 15 is 0 Å². The second kappa shape index (κ2) is 7.49. The molecule has 0 aliphatic rings. The number of rotatable bonds is 6. The van der Waals surface area contributed by atoms with Crippen LogP contribution in [-0.2, 0) is 7.05 Å². The van der Waals surface area contributed by atoms with Crippen LogP contribution in [0.1, 0.15) is 5.56 Å². The summed E-state index contributed by atoms with van der Waals surface area (Å²) in [5, 5.41) is 9.35. The molecule has 0 unspecified atom stereocenters. The second-order valence-electron chi connectivity index (χ2n) is 5.38. The molecule has 0 fully saturated rings. The molecule has 6 heteroatoms. The Morgan fingerprint density at radius 2 is 1.75 bits per heavy atom. The lowest BCUT2D eigenvalue weighted by Gasteiger charge is -2.06. The van der Waals surface area contributed by atoms with E-state index in [2.05, 4.69) is 29.3 Å². The minimum absolute atomic E-state index is 0.264. The normalized spacial score (nSPS) is 10.8. The number of hydrogen-bond acceptors (Lipinski definition) is 4. The fourth-order valence-electron chi connectivity index (χ4n) is 2.22. The third kappa shape index (κ3) is 3.94. The summed E-state index contributed by atoms with van der Waals surface area (Å²) in [4.78, 5) is 0. The van der Waals surface area contributed by atoms with E-state index in [0.717, 1.165) is 22.3 Å². The lowest BCUT2D eigenvalue weighted by molar-refractivity contribution is 0.343. The van der Waals surface area contributed by atoms with Crippen molar-refractivity contribution >= 4 is 11.8 Å². The van der Waals surface area contributed by atoms with Crippen LogP contribution in [0.5, 0.6) is 5.75 Å². The zero-order chi connectivity index (χ0) is 16.9. The van der Waals surface area contributed by atoms with Gasteiger partial charge in [-0.25, -0.2) is 4.39 Å². The molecular formula is C18H18FN3OS. The molecule has 0 spiro atoms. The van der Waals surface area contributed by atoms with Crippen molar-refractivity contribution in [3.63, 3.8) is 0 Å². The smallest absolute Gasteiger partial charge is 0.191 e. The molecule has 1 heterocycles. The third-order valence-corrected chi connectivity index (χ3v) is 4.53. The Kier molecular flexibility index (Phi) is 5.15. The fraction of sp³-hybridized carbons (Fsp3) is 0.222. The van der Waals surface area contributed by atoms with E-state index in [9.17, 15) is 4.39 Å². The van der Waals surface area contributed by atoms with E-state index in [1.54, 1.807) is 23.9 Å². The maximum atomic E-state index is 12.8. The minimum Gasteiger partial charge on any atom is -0.493 e. The zero-order valence-electron chi connectivity index (χ0n) is 13.6. The number of aromatic nitrogens is 3. The first-order chi connectivity index (χ1) is 11.6. The number of ether oxygens (including phenoxy) is 1. The monoisotopic (exact) mass is 343 g/mol. The van der Waals surface area contributed by atoms with Crippen LogP contribution in [-0.4, -0.2) is 27.1 Å². The van der Waals surface area contributed by atoms with E-state index in [-0.39, 0.29) is 5.82 Å². The van der Waals surface area contributed by atoms with Crippen molar-refractivity contribution in [3.05, 3.63) is 59.9 Å². The average Bonchev–Trinajstić information content (AvgIpc) is 2.95. The maximum absolute atomic E-state index is 12.8. The van der Waals surface area contributed by atoms with Gasteiger partial charge in [-0.2, -0.15) is 0 Å². The van der Waals surface area contributed by atoms with Crippen LogP contribution in [0.2, 0.25) is 0 Å². The predicted molar refractivity (Wildman–Crippen MR) is 93.8 cm³/mol. The largest absolute Gasteiger partial charge is 0.493 e. The number of halogens is 1. The lowest BCUT2D eigenvalue weighted by Crippen LogP contribution is -2.02. The molecule has 0 radical (unpaired) electrons. The Labute approximate surface area is 144 Å². The Hall–Kier alpha value is -2.34. The first-order valence-electron chi connectivity index (χ1n) is 7.61. The van der Waals surface area contributed by atoms with Gasteiger partial charge in [0.1, 0.15) is 11.6 Å². The first-order valence-corrected chi connectivity index (χ1v) is 8.59. The van der Waals surface area contributed by atoms with Crippen LogP contribution in [0.3, 0.4) is 0 Å². The number of hydrogen-bond donors (Lipinski definition) is 0. The molecule has 0 amide bonds. The number of benzene rings is 2. The number of nitrogens with zero attached hydrogens (tertiary/aromatic N) is 3. The van der Waals surface area contributed by atoms with Crippen molar-refractivity contribution in [3.8, 4) is 17.1 Å². The second-order valence-corrected chi connectivity index (χ2v) is 6.44. The minimum atomic E-state index is -0.264. The Morgan fingerprint density at radius 3 is 2.46 bits per heavy atom. The van der Waals surface area contributed by atoms with Gasteiger partial charge in [-0.05, 0) is 31.2 Å². The van der Waals surface area contributed by atoms with E-state index in [4.69, 9.17) is 4.74 Å². The molecule has 0 aliphatic heterocycles. The summed E-state index contributed by atoms with van der Waals surface area (Å²) in [7, 11) is 1.96. The highest BCUT2D eigenvalue weighted by molar-refractivity contribution is 7.99. The van der Waals surface area contributed by atoms with Gasteiger partial charge in [0.2, 0.25) is 0 Å². The molecule has 0 atom stereocenters. The molecule has 0 bridgehead atoms. The molecule has 0 aliphatic carbocycles. The predicted octanol–water partition coefficient (Wildman–Crippen LogP) is 4.10. The average molecular weight is 343 g/mol. The van der Waals surface area contributed by atoms with Crippen molar-refractivity contribution in [2.45, 2.75) is 12.1 Å². The van der Waals surface area contributed by atoms with E-state index in [0.29, 0.717) is 12.4 Å². The number of thioether (sulfide) groups is 1. The molecule has 0 saturated carbocycles. The summed E-state index contributed by atoms with van der Waals surface area (Å²) in [5.74, 6) is 1.98. The van der Waals surface area contributed by atoms with Crippen molar-refractivity contribution in [2.24, 2.45) is 7.05 Å². The van der Waals surface area contributed by atoms with Crippen molar-refractivity contribution < 1.29 is 9.13 Å². The summed E-state index contributed by atoms with van der Waals surface area (Å²) in [6.45, 7) is 2.58. The molecular weight excluding hydrogens is 325 g/mol. The summed E-state index contributed by atoms with van der Waals surface area (Å²) in [6, 6.07) is 14.2. The maximum Gasteiger partial charge on any atom is 0.191 e. The number of aryl methyl sites for hydroxylation is 1. The molecule has 4 nitrogen and oxygen atoms in total. The molecule has 0 N–H and O–H groups in total. The molecule has 24 heavy (non-hydrogen) atoms. The first kappa shape index (κ1) is 16.5. The van der Waals surface area contributed by atoms with Crippen molar-refractivity contribution in [1.29, 1.82) is 0 Å². The molecule has 1 aromatic heterocycles.